The van der Waals surface area contributed by atoms with Crippen LogP contribution in [0.2, 0.25) is 0 Å². The number of nitrogen functional groups attached to an aromatic ring is 1. The highest BCUT2D eigenvalue weighted by atomic mass is 32.2. The minimum absolute atomic E-state index is 0.0531. The zero-order chi connectivity index (χ0) is 15.3. The number of amides is 1. The first kappa shape index (κ1) is 15.1. The smallest absolute Gasteiger partial charge is 0.235 e. The molecular weight excluding hydrogens is 288 g/mol. The van der Waals surface area contributed by atoms with Gasteiger partial charge < -0.3 is 11.1 Å². The summed E-state index contributed by atoms with van der Waals surface area (Å²) in [6, 6.07) is 15.2. The molecular formula is C15H16N2O3S. The normalized spacial score (nSPS) is 11.0. The topological polar surface area (TPSA) is 89.3 Å². The van der Waals surface area contributed by atoms with Crippen molar-refractivity contribution in [1.29, 1.82) is 0 Å². The Labute approximate surface area is 123 Å². The second kappa shape index (κ2) is 6.41. The average Bonchev–Trinajstić information content (AvgIpc) is 2.46. The van der Waals surface area contributed by atoms with E-state index in [1.54, 1.807) is 12.1 Å². The van der Waals surface area contributed by atoms with Gasteiger partial charge in [-0.2, -0.15) is 0 Å². The SMILES string of the molecule is Nc1cccc(S(=O)(=O)CC(=O)NCc2ccccc2)c1. The molecule has 0 aliphatic heterocycles. The fourth-order valence-electron chi connectivity index (χ4n) is 1.81. The Morgan fingerprint density at radius 2 is 1.76 bits per heavy atom. The van der Waals surface area contributed by atoms with E-state index in [0.717, 1.165) is 5.56 Å². The van der Waals surface area contributed by atoms with Crippen LogP contribution in [0.4, 0.5) is 5.69 Å². The summed E-state index contributed by atoms with van der Waals surface area (Å²) in [5, 5.41) is 2.59. The number of rotatable bonds is 5. The van der Waals surface area contributed by atoms with Crippen LogP contribution in [0.15, 0.2) is 59.5 Å². The van der Waals surface area contributed by atoms with E-state index in [1.165, 1.54) is 12.1 Å². The van der Waals surface area contributed by atoms with Gasteiger partial charge >= 0.3 is 0 Å². The van der Waals surface area contributed by atoms with Crippen LogP contribution in [0.25, 0.3) is 0 Å². The minimum Gasteiger partial charge on any atom is -0.399 e. The molecule has 0 bridgehead atoms. The van der Waals surface area contributed by atoms with Gasteiger partial charge in [0.1, 0.15) is 5.75 Å². The van der Waals surface area contributed by atoms with E-state index < -0.39 is 21.5 Å². The third kappa shape index (κ3) is 4.32. The molecule has 21 heavy (non-hydrogen) atoms. The molecule has 0 radical (unpaired) electrons. The lowest BCUT2D eigenvalue weighted by atomic mass is 10.2. The van der Waals surface area contributed by atoms with Crippen molar-refractivity contribution in [2.24, 2.45) is 0 Å². The molecule has 1 amide bonds. The highest BCUT2D eigenvalue weighted by molar-refractivity contribution is 7.92. The van der Waals surface area contributed by atoms with Crippen LogP contribution in [0.1, 0.15) is 5.56 Å². The van der Waals surface area contributed by atoms with E-state index >= 15 is 0 Å². The largest absolute Gasteiger partial charge is 0.399 e. The number of carbonyl (C=O) groups excluding carboxylic acids is 1. The van der Waals surface area contributed by atoms with Gasteiger partial charge in [-0.1, -0.05) is 36.4 Å². The quantitative estimate of drug-likeness (QED) is 0.816. The van der Waals surface area contributed by atoms with Crippen molar-refractivity contribution in [3.8, 4) is 0 Å². The number of nitrogens with two attached hydrogens (primary N) is 1. The second-order valence-corrected chi connectivity index (χ2v) is 6.58. The molecule has 0 aromatic heterocycles. The molecule has 0 saturated heterocycles. The number of sulfone groups is 1. The Hall–Kier alpha value is -2.34. The highest BCUT2D eigenvalue weighted by Crippen LogP contribution is 2.14. The molecule has 0 atom stereocenters. The monoisotopic (exact) mass is 304 g/mol. The van der Waals surface area contributed by atoms with Crippen LogP contribution in [0, 0.1) is 0 Å². The molecule has 0 saturated carbocycles. The Kier molecular flexibility index (Phi) is 4.59. The van der Waals surface area contributed by atoms with Gasteiger partial charge in [0.05, 0.1) is 4.90 Å². The minimum atomic E-state index is -3.68. The van der Waals surface area contributed by atoms with Gasteiger partial charge in [0.25, 0.3) is 0 Å². The summed E-state index contributed by atoms with van der Waals surface area (Å²) in [5.74, 6) is -1.13. The van der Waals surface area contributed by atoms with Gasteiger partial charge in [-0.05, 0) is 23.8 Å². The summed E-state index contributed by atoms with van der Waals surface area (Å²) in [6.07, 6.45) is 0. The molecule has 2 aromatic rings. The van der Waals surface area contributed by atoms with Crippen LogP contribution in [-0.2, 0) is 21.2 Å². The van der Waals surface area contributed by atoms with E-state index in [4.69, 9.17) is 5.73 Å². The molecule has 2 rings (SSSR count). The molecule has 0 heterocycles. The van der Waals surface area contributed by atoms with Crippen molar-refractivity contribution >= 4 is 21.4 Å². The number of carbonyl (C=O) groups is 1. The molecule has 2 aromatic carbocycles. The van der Waals surface area contributed by atoms with Gasteiger partial charge in [-0.3, -0.25) is 4.79 Å². The maximum absolute atomic E-state index is 12.1. The molecule has 110 valence electrons. The molecule has 0 aliphatic rings. The van der Waals surface area contributed by atoms with Gasteiger partial charge in [0.2, 0.25) is 5.91 Å². The first-order valence-corrected chi connectivity index (χ1v) is 8.01. The molecule has 0 aliphatic carbocycles. The zero-order valence-corrected chi connectivity index (χ0v) is 12.1. The lowest BCUT2D eigenvalue weighted by molar-refractivity contribution is -0.118. The third-order valence-electron chi connectivity index (χ3n) is 2.87. The van der Waals surface area contributed by atoms with Gasteiger partial charge in [-0.15, -0.1) is 0 Å². The predicted octanol–water partition coefficient (Wildman–Crippen LogP) is 1.36. The number of nitrogens with one attached hydrogen (secondary N) is 1. The Balaban J connectivity index is 1.99. The van der Waals surface area contributed by atoms with Gasteiger partial charge in [-0.25, -0.2) is 8.42 Å². The standard InChI is InChI=1S/C15H16N2O3S/c16-13-7-4-8-14(9-13)21(19,20)11-15(18)17-10-12-5-2-1-3-6-12/h1-9H,10-11,16H2,(H,17,18). The molecule has 3 N–H and O–H groups in total. The van der Waals surface area contributed by atoms with Crippen molar-refractivity contribution in [1.82, 2.24) is 5.32 Å². The van der Waals surface area contributed by atoms with Crippen molar-refractivity contribution in [3.05, 3.63) is 60.2 Å². The summed E-state index contributed by atoms with van der Waals surface area (Å²) in [7, 11) is -3.68. The van der Waals surface area contributed by atoms with Gasteiger partial charge in [0, 0.05) is 12.2 Å². The summed E-state index contributed by atoms with van der Waals surface area (Å²) >= 11 is 0. The van der Waals surface area contributed by atoms with Crippen LogP contribution in [0.3, 0.4) is 0 Å². The first-order chi connectivity index (χ1) is 9.97. The van der Waals surface area contributed by atoms with Crippen LogP contribution in [-0.4, -0.2) is 20.1 Å². The van der Waals surface area contributed by atoms with Crippen molar-refractivity contribution in [2.45, 2.75) is 11.4 Å². The Bertz CT molecular complexity index is 728. The summed E-state index contributed by atoms with van der Waals surface area (Å²) in [5.41, 5.74) is 6.81. The molecule has 5 nitrogen and oxygen atoms in total. The average molecular weight is 304 g/mol. The molecule has 0 unspecified atom stereocenters. The number of anilines is 1. The van der Waals surface area contributed by atoms with Crippen LogP contribution < -0.4 is 11.1 Å². The Morgan fingerprint density at radius 1 is 1.05 bits per heavy atom. The van der Waals surface area contributed by atoms with Crippen LogP contribution in [0.5, 0.6) is 0 Å². The predicted molar refractivity (Wildman–Crippen MR) is 81.2 cm³/mol. The van der Waals surface area contributed by atoms with E-state index in [-0.39, 0.29) is 4.90 Å². The Morgan fingerprint density at radius 3 is 2.43 bits per heavy atom. The maximum atomic E-state index is 12.1. The zero-order valence-electron chi connectivity index (χ0n) is 11.3. The summed E-state index contributed by atoms with van der Waals surface area (Å²) in [4.78, 5) is 11.8. The fraction of sp³-hybridized carbons (Fsp3) is 0.133. The maximum Gasteiger partial charge on any atom is 0.235 e. The molecule has 0 spiro atoms. The van der Waals surface area contributed by atoms with Crippen molar-refractivity contribution < 1.29 is 13.2 Å². The van der Waals surface area contributed by atoms with Crippen LogP contribution >= 0.6 is 0 Å². The van der Waals surface area contributed by atoms with Crippen molar-refractivity contribution in [3.63, 3.8) is 0 Å². The van der Waals surface area contributed by atoms with E-state index in [1.807, 2.05) is 30.3 Å². The number of benzene rings is 2. The van der Waals surface area contributed by atoms with E-state index in [0.29, 0.717) is 12.2 Å². The molecule has 6 heteroatoms. The highest BCUT2D eigenvalue weighted by Gasteiger charge is 2.19. The third-order valence-corrected chi connectivity index (χ3v) is 4.49. The number of hydrogen-bond acceptors (Lipinski definition) is 4. The summed E-state index contributed by atoms with van der Waals surface area (Å²) in [6.45, 7) is 0.298. The lowest BCUT2D eigenvalue weighted by Gasteiger charge is -2.07. The van der Waals surface area contributed by atoms with E-state index in [9.17, 15) is 13.2 Å². The first-order valence-electron chi connectivity index (χ1n) is 6.36. The number of hydrogen-bond donors (Lipinski definition) is 2. The molecule has 0 fully saturated rings. The second-order valence-electron chi connectivity index (χ2n) is 4.59. The fourth-order valence-corrected chi connectivity index (χ4v) is 3.03. The van der Waals surface area contributed by atoms with E-state index in [2.05, 4.69) is 5.32 Å². The van der Waals surface area contributed by atoms with Crippen molar-refractivity contribution in [2.75, 3.05) is 11.5 Å². The summed E-state index contributed by atoms with van der Waals surface area (Å²) < 4.78 is 24.2. The lowest BCUT2D eigenvalue weighted by Crippen LogP contribution is -2.29. The van der Waals surface area contributed by atoms with Gasteiger partial charge in [0.15, 0.2) is 9.84 Å².